The van der Waals surface area contributed by atoms with E-state index in [0.717, 1.165) is 38.8 Å². The van der Waals surface area contributed by atoms with Crippen LogP contribution in [0.3, 0.4) is 0 Å². The summed E-state index contributed by atoms with van der Waals surface area (Å²) in [5.41, 5.74) is 2.78. The van der Waals surface area contributed by atoms with Crippen LogP contribution in [0.4, 0.5) is 0 Å². The zero-order chi connectivity index (χ0) is 17.3. The first-order chi connectivity index (χ1) is 11.5. The lowest BCUT2D eigenvalue weighted by Gasteiger charge is -2.14. The zero-order valence-corrected chi connectivity index (χ0v) is 15.5. The van der Waals surface area contributed by atoms with E-state index in [1.807, 2.05) is 38.1 Å². The summed E-state index contributed by atoms with van der Waals surface area (Å²) in [4.78, 5) is 9.50. The fourth-order valence-electron chi connectivity index (χ4n) is 2.43. The molecule has 126 valence electrons. The van der Waals surface area contributed by atoms with Crippen molar-refractivity contribution in [1.82, 2.24) is 9.97 Å². The number of ether oxygens (including phenoxy) is 2. The molecule has 0 spiro atoms. The lowest BCUT2D eigenvalue weighted by molar-refractivity contribution is 0.245. The molecule has 0 aliphatic rings. The van der Waals surface area contributed by atoms with Crippen molar-refractivity contribution in [3.63, 3.8) is 0 Å². The Morgan fingerprint density at radius 1 is 1.04 bits per heavy atom. The highest BCUT2D eigenvalue weighted by Crippen LogP contribution is 2.34. The largest absolute Gasteiger partial charge is 0.497 e. The van der Waals surface area contributed by atoms with E-state index < -0.39 is 0 Å². The molecule has 0 bridgehead atoms. The van der Waals surface area contributed by atoms with Crippen LogP contribution in [0.2, 0.25) is 0 Å². The predicted octanol–water partition coefficient (Wildman–Crippen LogP) is 5.28. The Labute approximate surface area is 146 Å². The van der Waals surface area contributed by atoms with Crippen LogP contribution in [0.25, 0.3) is 21.6 Å². The number of rotatable bonds is 5. The van der Waals surface area contributed by atoms with Gasteiger partial charge in [0.15, 0.2) is 0 Å². The van der Waals surface area contributed by atoms with E-state index in [0.29, 0.717) is 5.92 Å². The molecule has 24 heavy (non-hydrogen) atoms. The van der Waals surface area contributed by atoms with Gasteiger partial charge in [-0.1, -0.05) is 13.8 Å². The fourth-order valence-corrected chi connectivity index (χ4v) is 3.37. The van der Waals surface area contributed by atoms with Gasteiger partial charge in [-0.2, -0.15) is 0 Å². The number of thiazole rings is 1. The van der Waals surface area contributed by atoms with Gasteiger partial charge < -0.3 is 9.47 Å². The first-order valence-electron chi connectivity index (χ1n) is 8.09. The van der Waals surface area contributed by atoms with E-state index in [4.69, 9.17) is 19.4 Å². The molecule has 0 saturated carbocycles. The van der Waals surface area contributed by atoms with Gasteiger partial charge in [-0.05, 0) is 31.9 Å². The molecular weight excluding hydrogens is 320 g/mol. The third-order valence-electron chi connectivity index (χ3n) is 3.67. The van der Waals surface area contributed by atoms with Crippen molar-refractivity contribution in [2.75, 3.05) is 7.11 Å². The number of aromatic nitrogens is 2. The van der Waals surface area contributed by atoms with Crippen LogP contribution in [-0.4, -0.2) is 23.2 Å². The Hall–Kier alpha value is -2.14. The van der Waals surface area contributed by atoms with Crippen LogP contribution in [0.1, 0.15) is 39.3 Å². The molecule has 5 heteroatoms. The second-order valence-electron chi connectivity index (χ2n) is 6.29. The lowest BCUT2D eigenvalue weighted by Crippen LogP contribution is -2.06. The second kappa shape index (κ2) is 6.77. The van der Waals surface area contributed by atoms with Crippen molar-refractivity contribution in [3.05, 3.63) is 35.3 Å². The molecule has 3 rings (SSSR count). The Kier molecular flexibility index (Phi) is 4.71. The first kappa shape index (κ1) is 16.7. The van der Waals surface area contributed by atoms with Crippen LogP contribution in [0, 0.1) is 0 Å². The number of benzene rings is 1. The van der Waals surface area contributed by atoms with Gasteiger partial charge >= 0.3 is 0 Å². The van der Waals surface area contributed by atoms with Gasteiger partial charge in [-0.25, -0.2) is 9.97 Å². The number of methoxy groups -OCH3 is 1. The average molecular weight is 342 g/mol. The van der Waals surface area contributed by atoms with Crippen LogP contribution in [-0.2, 0) is 0 Å². The molecule has 0 amide bonds. The predicted molar refractivity (Wildman–Crippen MR) is 99.3 cm³/mol. The first-order valence-corrected chi connectivity index (χ1v) is 8.97. The summed E-state index contributed by atoms with van der Waals surface area (Å²) in [5.74, 6) is 2.01. The number of nitrogens with zero attached hydrogens (tertiary/aromatic N) is 2. The van der Waals surface area contributed by atoms with E-state index in [1.165, 1.54) is 0 Å². The van der Waals surface area contributed by atoms with E-state index in [2.05, 4.69) is 19.2 Å². The smallest absolute Gasteiger partial charge is 0.142 e. The number of hydrogen-bond donors (Lipinski definition) is 0. The highest BCUT2D eigenvalue weighted by atomic mass is 32.1. The van der Waals surface area contributed by atoms with Crippen LogP contribution >= 0.6 is 11.3 Å². The molecule has 4 nitrogen and oxygen atoms in total. The highest BCUT2D eigenvalue weighted by Gasteiger charge is 2.14. The maximum absolute atomic E-state index is 6.01. The molecule has 2 heterocycles. The monoisotopic (exact) mass is 342 g/mol. The van der Waals surface area contributed by atoms with Crippen LogP contribution in [0.15, 0.2) is 29.6 Å². The van der Waals surface area contributed by atoms with Crippen molar-refractivity contribution in [1.29, 1.82) is 0 Å². The third-order valence-corrected chi connectivity index (χ3v) is 4.56. The quantitative estimate of drug-likeness (QED) is 0.633. The fraction of sp³-hybridized carbons (Fsp3) is 0.368. The summed E-state index contributed by atoms with van der Waals surface area (Å²) in [7, 11) is 1.66. The van der Waals surface area contributed by atoms with Gasteiger partial charge in [0.1, 0.15) is 22.2 Å². The Morgan fingerprint density at radius 3 is 2.46 bits per heavy atom. The van der Waals surface area contributed by atoms with Crippen LogP contribution < -0.4 is 9.47 Å². The standard InChI is InChI=1S/C19H22N2O2S/c1-11(2)17-10-24-19(21-17)16-9-18(23-12(3)4)14-7-6-13(22-5)8-15(14)20-16/h6-12H,1-5H3. The molecule has 0 aliphatic carbocycles. The molecule has 0 unspecified atom stereocenters. The summed E-state index contributed by atoms with van der Waals surface area (Å²) in [6, 6.07) is 7.84. The normalized spacial score (nSPS) is 11.5. The van der Waals surface area contributed by atoms with Gasteiger partial charge in [0.25, 0.3) is 0 Å². The van der Waals surface area contributed by atoms with Gasteiger partial charge in [0.05, 0.1) is 24.4 Å². The SMILES string of the molecule is COc1ccc2c(OC(C)C)cc(-c3nc(C(C)C)cs3)nc2c1. The minimum atomic E-state index is 0.0908. The number of hydrogen-bond acceptors (Lipinski definition) is 5. The molecule has 0 N–H and O–H groups in total. The summed E-state index contributed by atoms with van der Waals surface area (Å²) in [5, 5.41) is 3.99. The molecule has 0 saturated heterocycles. The average Bonchev–Trinajstić information content (AvgIpc) is 3.03. The minimum Gasteiger partial charge on any atom is -0.497 e. The van der Waals surface area contributed by atoms with E-state index >= 15 is 0 Å². The van der Waals surface area contributed by atoms with Gasteiger partial charge in [0.2, 0.25) is 0 Å². The minimum absolute atomic E-state index is 0.0908. The highest BCUT2D eigenvalue weighted by molar-refractivity contribution is 7.13. The van der Waals surface area contributed by atoms with Crippen molar-refractivity contribution in [2.45, 2.75) is 39.7 Å². The maximum Gasteiger partial charge on any atom is 0.142 e. The summed E-state index contributed by atoms with van der Waals surface area (Å²) >= 11 is 1.62. The Morgan fingerprint density at radius 2 is 1.83 bits per heavy atom. The number of fused-ring (bicyclic) bond motifs is 1. The molecule has 1 aromatic carbocycles. The van der Waals surface area contributed by atoms with Crippen LogP contribution in [0.5, 0.6) is 11.5 Å². The van der Waals surface area contributed by atoms with Gasteiger partial charge in [-0.15, -0.1) is 11.3 Å². The summed E-state index contributed by atoms with van der Waals surface area (Å²) < 4.78 is 11.3. The van der Waals surface area contributed by atoms with E-state index in [1.54, 1.807) is 18.4 Å². The zero-order valence-electron chi connectivity index (χ0n) is 14.7. The summed E-state index contributed by atoms with van der Waals surface area (Å²) in [6.07, 6.45) is 0.0908. The van der Waals surface area contributed by atoms with E-state index in [-0.39, 0.29) is 6.10 Å². The van der Waals surface area contributed by atoms with Crippen molar-refractivity contribution < 1.29 is 9.47 Å². The second-order valence-corrected chi connectivity index (χ2v) is 7.15. The molecule has 0 fully saturated rings. The molecule has 2 aromatic heterocycles. The Balaban J connectivity index is 2.15. The van der Waals surface area contributed by atoms with Gasteiger partial charge in [-0.3, -0.25) is 0 Å². The molecule has 0 atom stereocenters. The molecular formula is C19H22N2O2S. The molecule has 0 aliphatic heterocycles. The third kappa shape index (κ3) is 3.36. The Bertz CT molecular complexity index is 856. The van der Waals surface area contributed by atoms with E-state index in [9.17, 15) is 0 Å². The lowest BCUT2D eigenvalue weighted by atomic mass is 10.1. The maximum atomic E-state index is 6.01. The van der Waals surface area contributed by atoms with Crippen molar-refractivity contribution in [2.24, 2.45) is 0 Å². The molecule has 0 radical (unpaired) electrons. The van der Waals surface area contributed by atoms with Gasteiger partial charge in [0, 0.05) is 22.9 Å². The topological polar surface area (TPSA) is 44.2 Å². The number of pyridine rings is 1. The van der Waals surface area contributed by atoms with Crippen molar-refractivity contribution >= 4 is 22.2 Å². The summed E-state index contributed by atoms with van der Waals surface area (Å²) in [6.45, 7) is 8.33. The van der Waals surface area contributed by atoms with Crippen molar-refractivity contribution in [3.8, 4) is 22.2 Å². The molecule has 3 aromatic rings.